The molecule has 0 saturated carbocycles. The first-order valence-electron chi connectivity index (χ1n) is 3.50. The molecule has 0 unspecified atom stereocenters. The lowest BCUT2D eigenvalue weighted by Gasteiger charge is -2.03. The first-order chi connectivity index (χ1) is 5.07. The van der Waals surface area contributed by atoms with Crippen LogP contribution in [0.4, 0.5) is 0 Å². The van der Waals surface area contributed by atoms with E-state index in [1.165, 1.54) is 5.57 Å². The SMILES string of the molecule is C=CC(=O)OCC(C)=C(C)C. The van der Waals surface area contributed by atoms with Crippen LogP contribution in [0.15, 0.2) is 23.8 Å². The molecule has 0 fully saturated rings. The quantitative estimate of drug-likeness (QED) is 0.353. The molecular formula is C9H14O2. The van der Waals surface area contributed by atoms with Crippen LogP contribution in [-0.4, -0.2) is 12.6 Å². The van der Waals surface area contributed by atoms with Gasteiger partial charge in [0, 0.05) is 6.08 Å². The summed E-state index contributed by atoms with van der Waals surface area (Å²) in [6, 6.07) is 0. The van der Waals surface area contributed by atoms with E-state index in [-0.39, 0.29) is 5.97 Å². The van der Waals surface area contributed by atoms with E-state index in [2.05, 4.69) is 6.58 Å². The Morgan fingerprint density at radius 1 is 1.45 bits per heavy atom. The summed E-state index contributed by atoms with van der Waals surface area (Å²) in [6.07, 6.45) is 1.16. The average molecular weight is 154 g/mol. The van der Waals surface area contributed by atoms with Gasteiger partial charge in [-0.3, -0.25) is 0 Å². The molecule has 0 heterocycles. The van der Waals surface area contributed by atoms with Crippen LogP contribution in [0.3, 0.4) is 0 Å². The molecule has 0 atom stereocenters. The number of carbonyl (C=O) groups is 1. The van der Waals surface area contributed by atoms with Crippen molar-refractivity contribution in [3.05, 3.63) is 23.8 Å². The van der Waals surface area contributed by atoms with Crippen LogP contribution in [0.5, 0.6) is 0 Å². The van der Waals surface area contributed by atoms with Gasteiger partial charge in [0.05, 0.1) is 0 Å². The van der Waals surface area contributed by atoms with Crippen LogP contribution in [0.2, 0.25) is 0 Å². The molecule has 0 spiro atoms. The normalized spacial score (nSPS) is 8.64. The van der Waals surface area contributed by atoms with E-state index in [9.17, 15) is 4.79 Å². The second kappa shape index (κ2) is 4.72. The topological polar surface area (TPSA) is 26.3 Å². The lowest BCUT2D eigenvalue weighted by atomic mass is 10.2. The van der Waals surface area contributed by atoms with E-state index in [4.69, 9.17) is 4.74 Å². The fraction of sp³-hybridized carbons (Fsp3) is 0.444. The predicted octanol–water partition coefficient (Wildman–Crippen LogP) is 2.07. The van der Waals surface area contributed by atoms with Crippen molar-refractivity contribution in [2.45, 2.75) is 20.8 Å². The molecular weight excluding hydrogens is 140 g/mol. The molecule has 11 heavy (non-hydrogen) atoms. The van der Waals surface area contributed by atoms with Gasteiger partial charge >= 0.3 is 5.97 Å². The first-order valence-corrected chi connectivity index (χ1v) is 3.50. The van der Waals surface area contributed by atoms with Gasteiger partial charge in [-0.2, -0.15) is 0 Å². The highest BCUT2D eigenvalue weighted by Crippen LogP contribution is 2.01. The Labute approximate surface area is 67.6 Å². The second-order valence-electron chi connectivity index (χ2n) is 2.59. The molecule has 62 valence electrons. The maximum absolute atomic E-state index is 10.6. The molecule has 0 aromatic heterocycles. The molecule has 0 rings (SSSR count). The molecule has 0 amide bonds. The molecule has 0 aliphatic carbocycles. The van der Waals surface area contributed by atoms with Crippen LogP contribution in [0.1, 0.15) is 20.8 Å². The second-order valence-corrected chi connectivity index (χ2v) is 2.59. The van der Waals surface area contributed by atoms with Crippen molar-refractivity contribution in [2.75, 3.05) is 6.61 Å². The molecule has 0 bridgehead atoms. The van der Waals surface area contributed by atoms with Crippen molar-refractivity contribution in [3.8, 4) is 0 Å². The monoisotopic (exact) mass is 154 g/mol. The fourth-order valence-electron chi connectivity index (χ4n) is 0.383. The van der Waals surface area contributed by atoms with Crippen LogP contribution in [-0.2, 0) is 9.53 Å². The molecule has 2 nitrogen and oxygen atoms in total. The Balaban J connectivity index is 3.81. The highest BCUT2D eigenvalue weighted by molar-refractivity contribution is 5.81. The van der Waals surface area contributed by atoms with Crippen molar-refractivity contribution in [2.24, 2.45) is 0 Å². The minimum Gasteiger partial charge on any atom is -0.458 e. The number of esters is 1. The largest absolute Gasteiger partial charge is 0.458 e. The lowest BCUT2D eigenvalue weighted by Crippen LogP contribution is -2.03. The van der Waals surface area contributed by atoms with Gasteiger partial charge in [0.2, 0.25) is 0 Å². The van der Waals surface area contributed by atoms with E-state index in [0.29, 0.717) is 6.61 Å². The van der Waals surface area contributed by atoms with Gasteiger partial charge < -0.3 is 4.74 Å². The molecule has 0 aliphatic rings. The van der Waals surface area contributed by atoms with Crippen molar-refractivity contribution in [1.82, 2.24) is 0 Å². The Morgan fingerprint density at radius 2 is 2.00 bits per heavy atom. The number of ether oxygens (including phenoxy) is 1. The van der Waals surface area contributed by atoms with E-state index >= 15 is 0 Å². The van der Waals surface area contributed by atoms with Crippen LogP contribution < -0.4 is 0 Å². The van der Waals surface area contributed by atoms with Crippen molar-refractivity contribution in [1.29, 1.82) is 0 Å². The zero-order valence-electron chi connectivity index (χ0n) is 7.31. The fourth-order valence-corrected chi connectivity index (χ4v) is 0.383. The molecule has 0 aliphatic heterocycles. The number of allylic oxidation sites excluding steroid dienone is 1. The third kappa shape index (κ3) is 4.37. The summed E-state index contributed by atoms with van der Waals surface area (Å²) in [7, 11) is 0. The molecule has 0 aromatic rings. The molecule has 2 heteroatoms. The zero-order chi connectivity index (χ0) is 8.85. The van der Waals surface area contributed by atoms with Gasteiger partial charge in [-0.15, -0.1) is 0 Å². The molecule has 0 N–H and O–H groups in total. The van der Waals surface area contributed by atoms with E-state index < -0.39 is 0 Å². The van der Waals surface area contributed by atoms with Crippen LogP contribution in [0, 0.1) is 0 Å². The van der Waals surface area contributed by atoms with Gasteiger partial charge in [-0.1, -0.05) is 12.2 Å². The van der Waals surface area contributed by atoms with Gasteiger partial charge in [0.25, 0.3) is 0 Å². The predicted molar refractivity (Wildman–Crippen MR) is 45.2 cm³/mol. The van der Waals surface area contributed by atoms with Gasteiger partial charge in [-0.05, 0) is 26.3 Å². The molecule has 0 saturated heterocycles. The van der Waals surface area contributed by atoms with E-state index in [0.717, 1.165) is 11.6 Å². The maximum Gasteiger partial charge on any atom is 0.330 e. The first kappa shape index (κ1) is 9.95. The number of hydrogen-bond acceptors (Lipinski definition) is 2. The Bertz CT molecular complexity index is 186. The smallest absolute Gasteiger partial charge is 0.330 e. The molecule has 0 aromatic carbocycles. The minimum absolute atomic E-state index is 0.368. The van der Waals surface area contributed by atoms with Gasteiger partial charge in [0.1, 0.15) is 6.61 Å². The van der Waals surface area contributed by atoms with Crippen LogP contribution >= 0.6 is 0 Å². The summed E-state index contributed by atoms with van der Waals surface area (Å²) >= 11 is 0. The van der Waals surface area contributed by atoms with Crippen LogP contribution in [0.25, 0.3) is 0 Å². The number of carbonyl (C=O) groups excluding carboxylic acids is 1. The average Bonchev–Trinajstić information content (AvgIpc) is 1.99. The third-order valence-corrected chi connectivity index (χ3v) is 1.45. The van der Waals surface area contributed by atoms with Crippen molar-refractivity contribution >= 4 is 5.97 Å². The highest BCUT2D eigenvalue weighted by atomic mass is 16.5. The Kier molecular flexibility index (Phi) is 4.27. The highest BCUT2D eigenvalue weighted by Gasteiger charge is 1.96. The van der Waals surface area contributed by atoms with Gasteiger partial charge in [-0.25, -0.2) is 4.79 Å². The Morgan fingerprint density at radius 3 is 2.36 bits per heavy atom. The van der Waals surface area contributed by atoms with Crippen molar-refractivity contribution in [3.63, 3.8) is 0 Å². The Hall–Kier alpha value is -1.05. The van der Waals surface area contributed by atoms with E-state index in [1.807, 2.05) is 20.8 Å². The minimum atomic E-state index is -0.370. The molecule has 0 radical (unpaired) electrons. The van der Waals surface area contributed by atoms with Gasteiger partial charge in [0.15, 0.2) is 0 Å². The summed E-state index contributed by atoms with van der Waals surface area (Å²) < 4.78 is 4.80. The third-order valence-electron chi connectivity index (χ3n) is 1.45. The summed E-state index contributed by atoms with van der Waals surface area (Å²) in [5.74, 6) is -0.370. The number of rotatable bonds is 3. The number of hydrogen-bond donors (Lipinski definition) is 0. The summed E-state index contributed by atoms with van der Waals surface area (Å²) in [5.41, 5.74) is 2.27. The summed E-state index contributed by atoms with van der Waals surface area (Å²) in [4.78, 5) is 10.6. The van der Waals surface area contributed by atoms with E-state index in [1.54, 1.807) is 0 Å². The standard InChI is InChI=1S/C9H14O2/c1-5-9(10)11-6-8(4)7(2)3/h5H,1,6H2,2-4H3. The summed E-state index contributed by atoms with van der Waals surface area (Å²) in [6.45, 7) is 9.56. The van der Waals surface area contributed by atoms with Crippen molar-refractivity contribution < 1.29 is 9.53 Å². The summed E-state index contributed by atoms with van der Waals surface area (Å²) in [5, 5.41) is 0. The maximum atomic E-state index is 10.6. The zero-order valence-corrected chi connectivity index (χ0v) is 7.31. The lowest BCUT2D eigenvalue weighted by molar-refractivity contribution is -0.136.